The van der Waals surface area contributed by atoms with Gasteiger partial charge in [0.1, 0.15) is 6.04 Å². The molecule has 0 saturated heterocycles. The van der Waals surface area contributed by atoms with Crippen molar-refractivity contribution in [2.45, 2.75) is 23.0 Å². The van der Waals surface area contributed by atoms with Gasteiger partial charge in [-0.3, -0.25) is 5.73 Å². The molecule has 0 radical (unpaired) electrons. The van der Waals surface area contributed by atoms with Crippen molar-refractivity contribution in [3.63, 3.8) is 0 Å². The second-order valence-corrected chi connectivity index (χ2v) is 3.84. The Hall–Kier alpha value is -1.81. The molecular weight excluding hydrogens is 216 g/mol. The third-order valence-corrected chi connectivity index (χ3v) is 3.11. The fraction of sp³-hybridized carbons (Fsp3) is 0.833. The first-order valence-electron chi connectivity index (χ1n) is 4.55. The van der Waals surface area contributed by atoms with Gasteiger partial charge in [0.15, 0.2) is 0 Å². The van der Waals surface area contributed by atoms with Crippen LogP contribution in [-0.2, 0) is 4.79 Å². The zero-order valence-electron chi connectivity index (χ0n) is 7.98. The van der Waals surface area contributed by atoms with E-state index in [0.717, 1.165) is 0 Å². The molecule has 84 valence electrons. The average Bonchev–Trinajstić information content (AvgIpc) is 2.12. The zero-order valence-corrected chi connectivity index (χ0v) is 7.98. The van der Waals surface area contributed by atoms with Gasteiger partial charge in [0.05, 0.1) is 0 Å². The highest BCUT2D eigenvalue weighted by Gasteiger charge is 2.83. The van der Waals surface area contributed by atoms with Gasteiger partial charge < -0.3 is 10.8 Å². The number of rotatable bonds is 2. The lowest BCUT2D eigenvalue weighted by atomic mass is 9.73. The first kappa shape index (κ1) is 9.42. The van der Waals surface area contributed by atoms with Gasteiger partial charge in [-0.05, 0) is 0 Å². The number of carbonyl (C=O) groups is 1. The van der Waals surface area contributed by atoms with Gasteiger partial charge in [0, 0.05) is 6.54 Å². The molecule has 0 bridgehead atoms. The fourth-order valence-electron chi connectivity index (χ4n) is 1.99. The number of fused-ring (bicyclic) bond motifs is 1. The van der Waals surface area contributed by atoms with Crippen LogP contribution >= 0.6 is 0 Å². The molecule has 3 rings (SSSR count). The first-order valence-corrected chi connectivity index (χ1v) is 4.55. The number of aliphatic carboxylic acids is 1. The van der Waals surface area contributed by atoms with Gasteiger partial charge >= 0.3 is 5.97 Å². The predicted octanol–water partition coefficient (Wildman–Crippen LogP) is -1.16. The molecule has 0 amide bonds. The summed E-state index contributed by atoms with van der Waals surface area (Å²) in [5.74, 6) is -1.32. The van der Waals surface area contributed by atoms with Crippen LogP contribution in [0.15, 0.2) is 30.7 Å². The van der Waals surface area contributed by atoms with Gasteiger partial charge in [-0.1, -0.05) is 0 Å². The maximum absolute atomic E-state index is 11.1. The third kappa shape index (κ3) is 0.606. The normalized spacial score (nSPS) is 51.2. The topological polar surface area (TPSA) is 163 Å². The van der Waals surface area contributed by atoms with Gasteiger partial charge in [-0.15, -0.1) is 10.2 Å². The highest BCUT2D eigenvalue weighted by molar-refractivity contribution is 5.82. The van der Waals surface area contributed by atoms with E-state index in [0.29, 0.717) is 0 Å². The molecular formula is C6H8N8O2. The average molecular weight is 224 g/mol. The van der Waals surface area contributed by atoms with E-state index in [4.69, 9.17) is 16.6 Å². The van der Waals surface area contributed by atoms with Crippen molar-refractivity contribution >= 4 is 5.97 Å². The van der Waals surface area contributed by atoms with E-state index < -0.39 is 29.0 Å². The number of hydrogen-bond donors (Lipinski definition) is 3. The van der Waals surface area contributed by atoms with Crippen LogP contribution in [0.3, 0.4) is 0 Å². The Balaban J connectivity index is 2.06. The van der Waals surface area contributed by atoms with Crippen molar-refractivity contribution < 1.29 is 9.90 Å². The Morgan fingerprint density at radius 1 is 1.25 bits per heavy atom. The van der Waals surface area contributed by atoms with Gasteiger partial charge in [0.2, 0.25) is 0 Å². The lowest BCUT2D eigenvalue weighted by Gasteiger charge is -2.56. The van der Waals surface area contributed by atoms with E-state index in [2.05, 4.69) is 30.7 Å². The molecule has 3 heterocycles. The minimum absolute atomic E-state index is 0.176. The summed E-state index contributed by atoms with van der Waals surface area (Å²) in [6, 6.07) is -0.438. The molecule has 16 heavy (non-hydrogen) atoms. The molecule has 0 aromatic carbocycles. The number of carboxylic acids is 1. The Morgan fingerprint density at radius 2 is 1.94 bits per heavy atom. The Kier molecular flexibility index (Phi) is 1.35. The summed E-state index contributed by atoms with van der Waals surface area (Å²) in [7, 11) is 0. The molecule has 4 unspecified atom stereocenters. The number of hydrogen-bond acceptors (Lipinski definition) is 9. The lowest BCUT2D eigenvalue weighted by molar-refractivity contribution is -0.157. The summed E-state index contributed by atoms with van der Waals surface area (Å²) in [4.78, 5) is 11.1. The summed E-state index contributed by atoms with van der Waals surface area (Å²) in [6.45, 7) is 0.176. The van der Waals surface area contributed by atoms with E-state index in [1.807, 2.05) is 0 Å². The molecule has 4 atom stereocenters. The van der Waals surface area contributed by atoms with Crippen LogP contribution in [0, 0.1) is 0 Å². The fourth-order valence-corrected chi connectivity index (χ4v) is 1.99. The molecule has 0 aliphatic carbocycles. The molecule has 0 saturated carbocycles. The van der Waals surface area contributed by atoms with E-state index in [9.17, 15) is 4.79 Å². The largest absolute Gasteiger partial charge is 0.478 e. The highest BCUT2D eigenvalue weighted by atomic mass is 16.4. The molecule has 0 aromatic heterocycles. The summed E-state index contributed by atoms with van der Waals surface area (Å²) < 4.78 is 0. The summed E-state index contributed by atoms with van der Waals surface area (Å²) in [6.07, 6.45) is 0. The molecule has 3 aliphatic heterocycles. The monoisotopic (exact) mass is 224 g/mol. The molecule has 0 fully saturated rings. The smallest absolute Gasteiger partial charge is 0.353 e. The minimum Gasteiger partial charge on any atom is -0.478 e. The predicted molar refractivity (Wildman–Crippen MR) is 47.4 cm³/mol. The second kappa shape index (κ2) is 2.30. The van der Waals surface area contributed by atoms with E-state index in [-0.39, 0.29) is 6.54 Å². The highest BCUT2D eigenvalue weighted by Crippen LogP contribution is 2.59. The Labute approximate surface area is 88.5 Å². The van der Waals surface area contributed by atoms with Crippen LogP contribution in [0.4, 0.5) is 0 Å². The van der Waals surface area contributed by atoms with Crippen LogP contribution in [0.5, 0.6) is 0 Å². The van der Waals surface area contributed by atoms with Crippen LogP contribution in [0.25, 0.3) is 0 Å². The maximum Gasteiger partial charge on any atom is 0.353 e. The molecule has 10 heteroatoms. The second-order valence-electron chi connectivity index (χ2n) is 3.84. The zero-order chi connectivity index (χ0) is 11.6. The first-order chi connectivity index (χ1) is 7.52. The van der Waals surface area contributed by atoms with Crippen molar-refractivity contribution in [1.29, 1.82) is 0 Å². The van der Waals surface area contributed by atoms with Crippen molar-refractivity contribution in [1.82, 2.24) is 0 Å². The van der Waals surface area contributed by atoms with Crippen LogP contribution < -0.4 is 11.5 Å². The van der Waals surface area contributed by atoms with Crippen molar-refractivity contribution in [2.75, 3.05) is 6.54 Å². The van der Waals surface area contributed by atoms with Gasteiger partial charge in [-0.2, -0.15) is 20.5 Å². The number of carboxylic acid groups (broad SMARTS) is 1. The van der Waals surface area contributed by atoms with Gasteiger partial charge in [-0.25, -0.2) is 4.79 Å². The molecule has 3 aliphatic rings. The van der Waals surface area contributed by atoms with Crippen molar-refractivity contribution in [3.05, 3.63) is 0 Å². The SMILES string of the molecule is NCC1N=NC12N=NC21N=NC1(N)C(=O)O. The number of azo groups is 3. The van der Waals surface area contributed by atoms with E-state index in [1.165, 1.54) is 0 Å². The Morgan fingerprint density at radius 3 is 2.19 bits per heavy atom. The van der Waals surface area contributed by atoms with Crippen molar-refractivity contribution in [3.8, 4) is 0 Å². The van der Waals surface area contributed by atoms with Crippen LogP contribution in [0.1, 0.15) is 0 Å². The van der Waals surface area contributed by atoms with Crippen LogP contribution in [-0.4, -0.2) is 40.7 Å². The molecule has 5 N–H and O–H groups in total. The molecule has 10 nitrogen and oxygen atoms in total. The third-order valence-electron chi connectivity index (χ3n) is 3.11. The summed E-state index contributed by atoms with van der Waals surface area (Å²) >= 11 is 0. The number of nitrogens with zero attached hydrogens (tertiary/aromatic N) is 6. The summed E-state index contributed by atoms with van der Waals surface area (Å²) in [5.41, 5.74) is 6.57. The maximum atomic E-state index is 11.1. The van der Waals surface area contributed by atoms with E-state index in [1.54, 1.807) is 0 Å². The quantitative estimate of drug-likeness (QED) is 0.539. The standard InChI is InChI=1S/C6H8N8O2/c7-1-2-5(11-9-2)6(14-12-5)4(8,3(15)16)10-13-6/h2H,1,7-8H2,(H,15,16). The Bertz CT molecular complexity index is 473. The van der Waals surface area contributed by atoms with E-state index >= 15 is 0 Å². The van der Waals surface area contributed by atoms with Crippen LogP contribution in [0.2, 0.25) is 0 Å². The van der Waals surface area contributed by atoms with Gasteiger partial charge in [0.25, 0.3) is 17.0 Å². The summed E-state index contributed by atoms with van der Waals surface area (Å²) in [5, 5.41) is 31.2. The minimum atomic E-state index is -1.92. The lowest BCUT2D eigenvalue weighted by Crippen LogP contribution is -2.82. The molecule has 0 aromatic rings. The van der Waals surface area contributed by atoms with Crippen molar-refractivity contribution in [2.24, 2.45) is 42.2 Å². The number of nitrogens with two attached hydrogens (primary N) is 2. The molecule has 2 spiro atoms.